The van der Waals surface area contributed by atoms with Crippen molar-refractivity contribution in [3.63, 3.8) is 0 Å². The van der Waals surface area contributed by atoms with E-state index in [2.05, 4.69) is 15.0 Å². The van der Waals surface area contributed by atoms with Crippen molar-refractivity contribution < 1.29 is 0 Å². The van der Waals surface area contributed by atoms with Crippen LogP contribution in [0.1, 0.15) is 0 Å². The quantitative estimate of drug-likeness (QED) is 0.560. The largest absolute Gasteiger partial charge is 0.336 e. The van der Waals surface area contributed by atoms with Crippen molar-refractivity contribution in [3.05, 3.63) is 46.9 Å². The van der Waals surface area contributed by atoms with Gasteiger partial charge in [0.25, 0.3) is 0 Å². The first-order chi connectivity index (χ1) is 9.31. The molecule has 0 radical (unpaired) electrons. The lowest BCUT2D eigenvalue weighted by atomic mass is 10.2. The van der Waals surface area contributed by atoms with Crippen LogP contribution in [0.3, 0.4) is 0 Å². The number of imidazole rings is 1. The smallest absolute Gasteiger partial charge is 0.148 e. The molecular formula is C14H8ClN3S. The van der Waals surface area contributed by atoms with Crippen molar-refractivity contribution in [2.45, 2.75) is 0 Å². The Bertz CT molecular complexity index is 894. The first-order valence-electron chi connectivity index (χ1n) is 5.80. The van der Waals surface area contributed by atoms with Crippen LogP contribution in [0.5, 0.6) is 0 Å². The van der Waals surface area contributed by atoms with E-state index in [4.69, 9.17) is 11.6 Å². The van der Waals surface area contributed by atoms with Crippen LogP contribution in [0.25, 0.3) is 32.6 Å². The van der Waals surface area contributed by atoms with Crippen molar-refractivity contribution in [2.75, 3.05) is 0 Å². The Balaban J connectivity index is 2.03. The summed E-state index contributed by atoms with van der Waals surface area (Å²) in [6.07, 6.45) is 1.82. The van der Waals surface area contributed by atoms with E-state index >= 15 is 0 Å². The molecule has 0 atom stereocenters. The van der Waals surface area contributed by atoms with Crippen LogP contribution in [0, 0.1) is 0 Å². The standard InChI is InChI=1S/C14H8ClN3S/c15-12-6-5-11(19-12)14-17-10-7-16-9-4-2-1-3-8(9)13(10)18-14/h1-7H,(H,17,18). The molecule has 5 heteroatoms. The summed E-state index contributed by atoms with van der Waals surface area (Å²) in [4.78, 5) is 13.4. The van der Waals surface area contributed by atoms with Gasteiger partial charge in [-0.25, -0.2) is 4.98 Å². The van der Waals surface area contributed by atoms with Gasteiger partial charge >= 0.3 is 0 Å². The number of hydrogen-bond donors (Lipinski definition) is 1. The number of halogens is 1. The molecule has 19 heavy (non-hydrogen) atoms. The predicted molar refractivity (Wildman–Crippen MR) is 79.7 cm³/mol. The van der Waals surface area contributed by atoms with Crippen LogP contribution in [-0.2, 0) is 0 Å². The number of aromatic amines is 1. The average Bonchev–Trinajstić information content (AvgIpc) is 3.04. The Morgan fingerprint density at radius 2 is 2.00 bits per heavy atom. The van der Waals surface area contributed by atoms with Gasteiger partial charge in [-0.05, 0) is 18.2 Å². The number of nitrogens with zero attached hydrogens (tertiary/aromatic N) is 2. The van der Waals surface area contributed by atoms with E-state index in [-0.39, 0.29) is 0 Å². The average molecular weight is 286 g/mol. The number of hydrogen-bond acceptors (Lipinski definition) is 3. The number of aromatic nitrogens is 3. The molecular weight excluding hydrogens is 278 g/mol. The second kappa shape index (κ2) is 4.05. The molecule has 0 fully saturated rings. The van der Waals surface area contributed by atoms with Gasteiger partial charge in [0.1, 0.15) is 5.82 Å². The molecule has 3 heterocycles. The molecule has 0 aliphatic heterocycles. The number of nitrogens with one attached hydrogen (secondary N) is 1. The summed E-state index contributed by atoms with van der Waals surface area (Å²) in [5.74, 6) is 0.838. The third-order valence-corrected chi connectivity index (χ3v) is 4.27. The lowest BCUT2D eigenvalue weighted by molar-refractivity contribution is 1.35. The molecule has 3 aromatic heterocycles. The minimum absolute atomic E-state index is 0.762. The van der Waals surface area contributed by atoms with E-state index in [1.807, 2.05) is 42.6 Å². The number of benzene rings is 1. The summed E-state index contributed by atoms with van der Waals surface area (Å²) >= 11 is 7.48. The van der Waals surface area contributed by atoms with Crippen molar-refractivity contribution in [1.82, 2.24) is 15.0 Å². The molecule has 4 aromatic rings. The van der Waals surface area contributed by atoms with Crippen LogP contribution >= 0.6 is 22.9 Å². The fourth-order valence-electron chi connectivity index (χ4n) is 2.16. The zero-order valence-corrected chi connectivity index (χ0v) is 11.3. The molecule has 92 valence electrons. The molecule has 0 spiro atoms. The maximum absolute atomic E-state index is 5.97. The maximum Gasteiger partial charge on any atom is 0.148 e. The SMILES string of the molecule is Clc1ccc(-c2nc3c(cnc4ccccc43)[nH]2)s1. The van der Waals surface area contributed by atoms with Crippen molar-refractivity contribution >= 4 is 44.9 Å². The number of pyridine rings is 1. The molecule has 0 saturated heterocycles. The van der Waals surface area contributed by atoms with Gasteiger partial charge in [0, 0.05) is 5.39 Å². The van der Waals surface area contributed by atoms with E-state index in [1.54, 1.807) is 0 Å². The van der Waals surface area contributed by atoms with Crippen LogP contribution in [0.15, 0.2) is 42.6 Å². The highest BCUT2D eigenvalue weighted by molar-refractivity contribution is 7.19. The number of thiophene rings is 1. The Morgan fingerprint density at radius 3 is 2.84 bits per heavy atom. The van der Waals surface area contributed by atoms with Gasteiger partial charge in [0.15, 0.2) is 0 Å². The summed E-state index contributed by atoms with van der Waals surface area (Å²) in [7, 11) is 0. The van der Waals surface area contributed by atoms with Gasteiger partial charge in [0.2, 0.25) is 0 Å². The molecule has 0 aliphatic carbocycles. The first-order valence-corrected chi connectivity index (χ1v) is 7.00. The fourth-order valence-corrected chi connectivity index (χ4v) is 3.15. The maximum atomic E-state index is 5.97. The Hall–Kier alpha value is -1.91. The van der Waals surface area contributed by atoms with Gasteiger partial charge in [0.05, 0.1) is 32.0 Å². The zero-order chi connectivity index (χ0) is 12.8. The van der Waals surface area contributed by atoms with E-state index in [0.717, 1.165) is 37.0 Å². The Morgan fingerprint density at radius 1 is 1.11 bits per heavy atom. The number of rotatable bonds is 1. The van der Waals surface area contributed by atoms with Crippen LogP contribution in [0.2, 0.25) is 4.34 Å². The van der Waals surface area contributed by atoms with E-state index in [9.17, 15) is 0 Å². The van der Waals surface area contributed by atoms with Crippen LogP contribution in [0.4, 0.5) is 0 Å². The van der Waals surface area contributed by atoms with Gasteiger partial charge < -0.3 is 4.98 Å². The van der Waals surface area contributed by atoms with Gasteiger partial charge in [-0.2, -0.15) is 0 Å². The lowest BCUT2D eigenvalue weighted by Gasteiger charge is -1.95. The zero-order valence-electron chi connectivity index (χ0n) is 9.72. The molecule has 3 nitrogen and oxygen atoms in total. The van der Waals surface area contributed by atoms with Crippen molar-refractivity contribution in [2.24, 2.45) is 0 Å². The van der Waals surface area contributed by atoms with Gasteiger partial charge in [-0.1, -0.05) is 29.8 Å². The summed E-state index contributed by atoms with van der Waals surface area (Å²) < 4.78 is 0.762. The predicted octanol–water partition coefficient (Wildman–Crippen LogP) is 4.49. The lowest BCUT2D eigenvalue weighted by Crippen LogP contribution is -1.79. The number of fused-ring (bicyclic) bond motifs is 3. The van der Waals surface area contributed by atoms with Gasteiger partial charge in [-0.3, -0.25) is 4.98 Å². The summed E-state index contributed by atoms with van der Waals surface area (Å²) in [6, 6.07) is 11.9. The number of para-hydroxylation sites is 1. The van der Waals surface area contributed by atoms with E-state index in [0.29, 0.717) is 0 Å². The molecule has 0 saturated carbocycles. The first kappa shape index (κ1) is 11.0. The minimum Gasteiger partial charge on any atom is -0.336 e. The third-order valence-electron chi connectivity index (χ3n) is 3.03. The molecule has 4 rings (SSSR count). The Labute approximate surface area is 117 Å². The molecule has 0 aliphatic rings. The highest BCUT2D eigenvalue weighted by atomic mass is 35.5. The van der Waals surface area contributed by atoms with E-state index in [1.165, 1.54) is 11.3 Å². The van der Waals surface area contributed by atoms with Gasteiger partial charge in [-0.15, -0.1) is 11.3 Å². The van der Waals surface area contributed by atoms with Crippen LogP contribution < -0.4 is 0 Å². The number of H-pyrrole nitrogens is 1. The molecule has 1 N–H and O–H groups in total. The van der Waals surface area contributed by atoms with Crippen molar-refractivity contribution in [1.29, 1.82) is 0 Å². The molecule has 0 amide bonds. The second-order valence-electron chi connectivity index (χ2n) is 4.23. The van der Waals surface area contributed by atoms with Crippen LogP contribution in [-0.4, -0.2) is 15.0 Å². The molecule has 1 aromatic carbocycles. The van der Waals surface area contributed by atoms with E-state index < -0.39 is 0 Å². The van der Waals surface area contributed by atoms with Crippen molar-refractivity contribution in [3.8, 4) is 10.7 Å². The molecule has 0 bridgehead atoms. The summed E-state index contributed by atoms with van der Waals surface area (Å²) in [5.41, 5.74) is 2.85. The summed E-state index contributed by atoms with van der Waals surface area (Å²) in [6.45, 7) is 0. The Kier molecular flexibility index (Phi) is 2.33. The second-order valence-corrected chi connectivity index (χ2v) is 5.94. The summed E-state index contributed by atoms with van der Waals surface area (Å²) in [5, 5.41) is 1.06. The minimum atomic E-state index is 0.762. The molecule has 0 unspecified atom stereocenters. The third kappa shape index (κ3) is 1.72. The highest BCUT2D eigenvalue weighted by Crippen LogP contribution is 2.31. The topological polar surface area (TPSA) is 41.6 Å². The highest BCUT2D eigenvalue weighted by Gasteiger charge is 2.10. The normalized spacial score (nSPS) is 11.4. The monoisotopic (exact) mass is 285 g/mol. The fraction of sp³-hybridized carbons (Fsp3) is 0.